The van der Waals surface area contributed by atoms with E-state index < -0.39 is 0 Å². The van der Waals surface area contributed by atoms with Gasteiger partial charge in [0.05, 0.1) is 0 Å². The van der Waals surface area contributed by atoms with Gasteiger partial charge in [-0.05, 0) is 163 Å². The van der Waals surface area contributed by atoms with Gasteiger partial charge in [0.25, 0.3) is 0 Å². The summed E-state index contributed by atoms with van der Waals surface area (Å²) in [7, 11) is 3.72. The standard InChI is InChI=1S/C35H60P2/c1-31(2,3)35(36,32(4,5)6)29-9-7-8-10-30(29)37(33-17-23-11-24(18-33)13-25(12-23)19-33)34-20-26-14-27(21-34)16-28(15-26)22-34/h23-30H,7-22,36H2,1-6H3/t23?,24?,25?,26?,27?,28?,29-,30+,33?,34?,37?/m1/s1. The highest BCUT2D eigenvalue weighted by Gasteiger charge is 2.66. The summed E-state index contributed by atoms with van der Waals surface area (Å²) in [4.78, 5) is 0. The van der Waals surface area contributed by atoms with Crippen LogP contribution in [-0.2, 0) is 0 Å². The second-order valence-corrected chi connectivity index (χ2v) is 22.7. The molecule has 0 aromatic carbocycles. The van der Waals surface area contributed by atoms with Gasteiger partial charge in [0, 0.05) is 0 Å². The highest BCUT2D eigenvalue weighted by Crippen LogP contribution is 2.82. The third kappa shape index (κ3) is 4.00. The Morgan fingerprint density at radius 2 is 0.865 bits per heavy atom. The maximum Gasteiger partial charge on any atom is -0.00195 e. The van der Waals surface area contributed by atoms with E-state index >= 15 is 0 Å². The summed E-state index contributed by atoms with van der Waals surface area (Å²) < 4.78 is 0. The van der Waals surface area contributed by atoms with E-state index in [-0.39, 0.29) is 7.92 Å². The van der Waals surface area contributed by atoms with Gasteiger partial charge in [-0.25, -0.2) is 0 Å². The maximum atomic E-state index is 3.65. The Hall–Kier alpha value is 0.860. The van der Waals surface area contributed by atoms with Gasteiger partial charge >= 0.3 is 0 Å². The minimum atomic E-state index is 0.0617. The highest BCUT2D eigenvalue weighted by molar-refractivity contribution is 7.61. The first-order valence-electron chi connectivity index (χ1n) is 16.9. The van der Waals surface area contributed by atoms with Crippen LogP contribution < -0.4 is 0 Å². The molecule has 9 saturated carbocycles. The van der Waals surface area contributed by atoms with Crippen molar-refractivity contribution in [3.05, 3.63) is 0 Å². The first-order chi connectivity index (χ1) is 17.3. The van der Waals surface area contributed by atoms with Crippen molar-refractivity contribution < 1.29 is 0 Å². The molecule has 0 aromatic heterocycles. The number of hydrogen-bond acceptors (Lipinski definition) is 0. The van der Waals surface area contributed by atoms with Gasteiger partial charge in [0.15, 0.2) is 0 Å². The van der Waals surface area contributed by atoms with Crippen LogP contribution in [0.5, 0.6) is 0 Å². The highest BCUT2D eigenvalue weighted by atomic mass is 31.1. The molecule has 0 N–H and O–H groups in total. The van der Waals surface area contributed by atoms with Crippen molar-refractivity contribution in [1.82, 2.24) is 0 Å². The van der Waals surface area contributed by atoms with Crippen LogP contribution in [0, 0.1) is 52.3 Å². The smallest absolute Gasteiger partial charge is 0.00195 e. The van der Waals surface area contributed by atoms with E-state index in [1.165, 1.54) is 19.3 Å². The molecule has 8 bridgehead atoms. The second kappa shape index (κ2) is 8.69. The molecule has 0 amide bonds. The van der Waals surface area contributed by atoms with Crippen molar-refractivity contribution in [1.29, 1.82) is 0 Å². The molecule has 9 aliphatic rings. The van der Waals surface area contributed by atoms with Crippen molar-refractivity contribution in [2.45, 2.75) is 165 Å². The Morgan fingerprint density at radius 1 is 0.541 bits per heavy atom. The minimum absolute atomic E-state index is 0.0617. The molecular weight excluding hydrogens is 482 g/mol. The summed E-state index contributed by atoms with van der Waals surface area (Å²) in [5.41, 5.74) is 1.67. The molecule has 3 atom stereocenters. The monoisotopic (exact) mass is 542 g/mol. The van der Waals surface area contributed by atoms with Crippen molar-refractivity contribution >= 4 is 17.2 Å². The van der Waals surface area contributed by atoms with Crippen molar-refractivity contribution in [2.75, 3.05) is 0 Å². The summed E-state index contributed by atoms with van der Waals surface area (Å²) in [5, 5.41) is 1.87. The molecule has 0 heterocycles. The molecule has 0 aliphatic heterocycles. The minimum Gasteiger partial charge on any atom is -0.130 e. The quantitative estimate of drug-likeness (QED) is 0.310. The Labute approximate surface area is 234 Å². The zero-order chi connectivity index (χ0) is 26.0. The SMILES string of the molecule is CC(C)(C)C(P)([C@@H]1CCCC[C@@H]1P(C12CC3CC(CC(C3)C1)C2)C12CC3CC(CC(C3)C1)C2)C(C)(C)C. The zero-order valence-corrected chi connectivity index (χ0v) is 27.5. The van der Waals surface area contributed by atoms with E-state index in [1.807, 2.05) is 0 Å². The lowest BCUT2D eigenvalue weighted by Gasteiger charge is -2.71. The molecule has 2 heteroatoms. The van der Waals surface area contributed by atoms with Gasteiger partial charge in [0.1, 0.15) is 0 Å². The van der Waals surface area contributed by atoms with Crippen molar-refractivity contribution in [3.8, 4) is 0 Å². The Bertz CT molecular complexity index is 757. The Kier molecular flexibility index (Phi) is 6.28. The van der Waals surface area contributed by atoms with Crippen LogP contribution in [0.1, 0.15) is 144 Å². The third-order valence-corrected chi connectivity index (χ3v) is 20.7. The summed E-state index contributed by atoms with van der Waals surface area (Å²) >= 11 is 0. The van der Waals surface area contributed by atoms with Gasteiger partial charge in [0.2, 0.25) is 0 Å². The van der Waals surface area contributed by atoms with Gasteiger partial charge in [-0.3, -0.25) is 0 Å². The van der Waals surface area contributed by atoms with Crippen LogP contribution in [0.15, 0.2) is 0 Å². The molecule has 9 fully saturated rings. The molecule has 1 unspecified atom stereocenters. The van der Waals surface area contributed by atoms with Crippen LogP contribution >= 0.6 is 17.2 Å². The predicted molar refractivity (Wildman–Crippen MR) is 166 cm³/mol. The number of rotatable bonds is 4. The maximum absolute atomic E-state index is 3.65. The topological polar surface area (TPSA) is 0 Å². The van der Waals surface area contributed by atoms with E-state index in [1.54, 1.807) is 83.5 Å². The lowest BCUT2D eigenvalue weighted by Crippen LogP contribution is -2.62. The Balaban J connectivity index is 1.37. The normalized spacial score (nSPS) is 50.0. The van der Waals surface area contributed by atoms with Crippen molar-refractivity contribution in [3.63, 3.8) is 0 Å². The fourth-order valence-electron chi connectivity index (χ4n) is 14.1. The average molecular weight is 543 g/mol. The molecule has 0 nitrogen and oxygen atoms in total. The lowest BCUT2D eigenvalue weighted by atomic mass is 9.55. The van der Waals surface area contributed by atoms with Crippen LogP contribution in [0.2, 0.25) is 0 Å². The Morgan fingerprint density at radius 3 is 1.19 bits per heavy atom. The molecule has 0 radical (unpaired) electrons. The molecule has 210 valence electrons. The van der Waals surface area contributed by atoms with Crippen molar-refractivity contribution in [2.24, 2.45) is 52.3 Å². The summed E-state index contributed by atoms with van der Waals surface area (Å²) in [6, 6.07) is 0. The third-order valence-electron chi connectivity index (χ3n) is 14.2. The second-order valence-electron chi connectivity index (χ2n) is 18.5. The summed E-state index contributed by atoms with van der Waals surface area (Å²) in [6.45, 7) is 15.6. The first kappa shape index (κ1) is 26.7. The van der Waals surface area contributed by atoms with Crippen LogP contribution in [0.25, 0.3) is 0 Å². The lowest BCUT2D eigenvalue weighted by molar-refractivity contribution is 0.0139. The van der Waals surface area contributed by atoms with E-state index in [4.69, 9.17) is 0 Å². The predicted octanol–water partition coefficient (Wildman–Crippen LogP) is 10.7. The van der Waals surface area contributed by atoms with Gasteiger partial charge in [-0.15, -0.1) is 9.24 Å². The molecule has 0 aromatic rings. The van der Waals surface area contributed by atoms with E-state index in [0.717, 1.165) is 57.4 Å². The van der Waals surface area contributed by atoms with Gasteiger partial charge < -0.3 is 0 Å². The molecule has 9 rings (SSSR count). The number of hydrogen-bond donors (Lipinski definition) is 0. The first-order valence-corrected chi connectivity index (χ1v) is 18.9. The van der Waals surface area contributed by atoms with Gasteiger partial charge in [-0.1, -0.05) is 62.3 Å². The largest absolute Gasteiger partial charge is 0.130 e. The zero-order valence-electron chi connectivity index (χ0n) is 25.5. The van der Waals surface area contributed by atoms with Crippen LogP contribution in [0.4, 0.5) is 0 Å². The van der Waals surface area contributed by atoms with Crippen LogP contribution in [0.3, 0.4) is 0 Å². The van der Waals surface area contributed by atoms with Crippen LogP contribution in [-0.4, -0.2) is 21.1 Å². The van der Waals surface area contributed by atoms with Gasteiger partial charge in [-0.2, -0.15) is 0 Å². The fraction of sp³-hybridized carbons (Fsp3) is 1.00. The molecule has 9 aliphatic carbocycles. The van der Waals surface area contributed by atoms with E-state index in [9.17, 15) is 0 Å². The molecule has 37 heavy (non-hydrogen) atoms. The molecule has 0 spiro atoms. The summed E-state index contributed by atoms with van der Waals surface area (Å²) in [5.74, 6) is 7.56. The average Bonchev–Trinajstić information content (AvgIpc) is 2.75. The van der Waals surface area contributed by atoms with E-state index in [2.05, 4.69) is 50.8 Å². The molecule has 0 saturated heterocycles. The molecular formula is C35H60P2. The fourth-order valence-corrected chi connectivity index (χ4v) is 21.0. The summed E-state index contributed by atoms with van der Waals surface area (Å²) in [6.07, 6.45) is 25.9. The van der Waals surface area contributed by atoms with E-state index in [0.29, 0.717) is 16.0 Å².